The van der Waals surface area contributed by atoms with E-state index in [-0.39, 0.29) is 12.5 Å². The van der Waals surface area contributed by atoms with Gasteiger partial charge in [0.15, 0.2) is 0 Å². The zero-order valence-corrected chi connectivity index (χ0v) is 10.4. The third-order valence-corrected chi connectivity index (χ3v) is 3.49. The Hall–Kier alpha value is -0.910. The summed E-state index contributed by atoms with van der Waals surface area (Å²) in [5, 5.41) is 14.3. The van der Waals surface area contributed by atoms with E-state index in [1.54, 1.807) is 6.92 Å². The van der Waals surface area contributed by atoms with Crippen LogP contribution in [0.25, 0.3) is 0 Å². The van der Waals surface area contributed by atoms with E-state index >= 15 is 0 Å². The fourth-order valence-corrected chi connectivity index (χ4v) is 1.83. The molecule has 0 fully saturated rings. The first-order valence-electron chi connectivity index (χ1n) is 5.25. The van der Waals surface area contributed by atoms with Gasteiger partial charge in [-0.15, -0.1) is 11.3 Å². The molecule has 5 heteroatoms. The topological polar surface area (TPSA) is 75.3 Å². The smallest absolute Gasteiger partial charge is 0.242 e. The molecule has 1 aromatic heterocycles. The maximum Gasteiger partial charge on any atom is 0.242 e. The molecule has 0 aliphatic rings. The number of rotatable bonds is 5. The van der Waals surface area contributed by atoms with E-state index < -0.39 is 11.6 Å². The van der Waals surface area contributed by atoms with Crippen molar-refractivity contribution in [2.45, 2.75) is 31.9 Å². The molecule has 0 aromatic carbocycles. The summed E-state index contributed by atoms with van der Waals surface area (Å²) in [7, 11) is 0. The molecule has 0 aliphatic carbocycles. The number of nitrogens with two attached hydrogens (primary N) is 1. The third-order valence-electron chi connectivity index (χ3n) is 2.54. The summed E-state index contributed by atoms with van der Waals surface area (Å²) in [6, 6.07) is 3.04. The zero-order chi connectivity index (χ0) is 12.2. The molecule has 4 nitrogen and oxygen atoms in total. The summed E-state index contributed by atoms with van der Waals surface area (Å²) in [6.07, 6.45) is 0.585. The number of nitrogens with one attached hydrogen (secondary N) is 1. The Morgan fingerprint density at radius 1 is 1.75 bits per heavy atom. The predicted octanol–water partition coefficient (Wildman–Crippen LogP) is 1.03. The van der Waals surface area contributed by atoms with Gasteiger partial charge in [0.1, 0.15) is 6.04 Å². The Kier molecular flexibility index (Phi) is 4.46. The van der Waals surface area contributed by atoms with E-state index in [1.807, 2.05) is 24.4 Å². The highest BCUT2D eigenvalue weighted by Crippen LogP contribution is 2.17. The largest absolute Gasteiger partial charge is 0.388 e. The first-order valence-corrected chi connectivity index (χ1v) is 6.13. The predicted molar refractivity (Wildman–Crippen MR) is 65.2 cm³/mol. The van der Waals surface area contributed by atoms with Gasteiger partial charge in [-0.3, -0.25) is 4.79 Å². The van der Waals surface area contributed by atoms with Crippen molar-refractivity contribution in [3.8, 4) is 0 Å². The number of aliphatic hydroxyl groups is 1. The highest BCUT2D eigenvalue weighted by Gasteiger charge is 2.22. The molecule has 0 aliphatic heterocycles. The van der Waals surface area contributed by atoms with Crippen LogP contribution in [-0.4, -0.2) is 23.2 Å². The van der Waals surface area contributed by atoms with Crippen molar-refractivity contribution in [1.29, 1.82) is 0 Å². The van der Waals surface area contributed by atoms with Crippen molar-refractivity contribution in [3.63, 3.8) is 0 Å². The van der Waals surface area contributed by atoms with Gasteiger partial charge in [0, 0.05) is 11.4 Å². The van der Waals surface area contributed by atoms with Gasteiger partial charge in [-0.25, -0.2) is 0 Å². The summed E-state index contributed by atoms with van der Waals surface area (Å²) >= 11 is 1.45. The molecule has 1 heterocycles. The Morgan fingerprint density at radius 2 is 2.44 bits per heavy atom. The second kappa shape index (κ2) is 5.43. The summed E-state index contributed by atoms with van der Waals surface area (Å²) < 4.78 is 0. The lowest BCUT2D eigenvalue weighted by molar-refractivity contribution is -0.123. The van der Waals surface area contributed by atoms with Crippen LogP contribution in [0.3, 0.4) is 0 Å². The highest BCUT2D eigenvalue weighted by atomic mass is 32.1. The van der Waals surface area contributed by atoms with Gasteiger partial charge in [-0.2, -0.15) is 0 Å². The summed E-state index contributed by atoms with van der Waals surface area (Å²) in [5.74, 6) is -0.254. The molecule has 2 atom stereocenters. The van der Waals surface area contributed by atoms with Crippen molar-refractivity contribution in [1.82, 2.24) is 5.32 Å². The molecule has 1 amide bonds. The number of hydrogen-bond acceptors (Lipinski definition) is 4. The molecule has 0 radical (unpaired) electrons. The molecule has 0 saturated carbocycles. The molecule has 4 N–H and O–H groups in total. The van der Waals surface area contributed by atoms with Crippen LogP contribution in [0.5, 0.6) is 0 Å². The highest BCUT2D eigenvalue weighted by molar-refractivity contribution is 7.10. The monoisotopic (exact) mass is 242 g/mol. The first-order chi connectivity index (χ1) is 7.46. The Bertz CT molecular complexity index is 336. The number of carbonyl (C=O) groups is 1. The van der Waals surface area contributed by atoms with Crippen LogP contribution in [0, 0.1) is 0 Å². The van der Waals surface area contributed by atoms with Crippen LogP contribution in [0.15, 0.2) is 17.5 Å². The van der Waals surface area contributed by atoms with Crippen LogP contribution < -0.4 is 11.1 Å². The maximum atomic E-state index is 11.7. The molecule has 0 spiro atoms. The van der Waals surface area contributed by atoms with Gasteiger partial charge >= 0.3 is 0 Å². The van der Waals surface area contributed by atoms with Gasteiger partial charge in [0.05, 0.1) is 5.60 Å². The minimum Gasteiger partial charge on any atom is -0.388 e. The number of carbonyl (C=O) groups excluding carboxylic acids is 1. The van der Waals surface area contributed by atoms with Crippen LogP contribution >= 0.6 is 11.3 Å². The Morgan fingerprint density at radius 3 is 2.94 bits per heavy atom. The van der Waals surface area contributed by atoms with E-state index in [1.165, 1.54) is 11.3 Å². The molecule has 0 saturated heterocycles. The summed E-state index contributed by atoms with van der Waals surface area (Å²) in [6.45, 7) is 3.77. The molecule has 2 unspecified atom stereocenters. The second-order valence-electron chi connectivity index (χ2n) is 4.06. The van der Waals surface area contributed by atoms with Crippen LogP contribution in [0.2, 0.25) is 0 Å². The van der Waals surface area contributed by atoms with Crippen molar-refractivity contribution in [2.75, 3.05) is 6.54 Å². The molecule has 1 aromatic rings. The van der Waals surface area contributed by atoms with Crippen molar-refractivity contribution in [2.24, 2.45) is 5.73 Å². The maximum absolute atomic E-state index is 11.7. The molecule has 90 valence electrons. The number of hydrogen-bond donors (Lipinski definition) is 3. The van der Waals surface area contributed by atoms with E-state index in [2.05, 4.69) is 5.32 Å². The van der Waals surface area contributed by atoms with Crippen LogP contribution in [0.4, 0.5) is 0 Å². The standard InChI is InChI=1S/C11H18N2O2S/c1-3-11(2,15)7-13-10(14)9(12)8-5-4-6-16-8/h4-6,9,15H,3,7,12H2,1-2H3,(H,13,14). The summed E-state index contributed by atoms with van der Waals surface area (Å²) in [5.41, 5.74) is 4.90. The van der Waals surface area contributed by atoms with Gasteiger partial charge in [0.2, 0.25) is 5.91 Å². The molecule has 1 rings (SSSR count). The third kappa shape index (κ3) is 3.59. The van der Waals surface area contributed by atoms with E-state index in [4.69, 9.17) is 5.73 Å². The van der Waals surface area contributed by atoms with Gasteiger partial charge in [-0.05, 0) is 24.8 Å². The molecule has 16 heavy (non-hydrogen) atoms. The van der Waals surface area contributed by atoms with Gasteiger partial charge in [0.25, 0.3) is 0 Å². The van der Waals surface area contributed by atoms with E-state index in [9.17, 15) is 9.90 Å². The first kappa shape index (κ1) is 13.2. The SMILES string of the molecule is CCC(C)(O)CNC(=O)C(N)c1cccs1. The second-order valence-corrected chi connectivity index (χ2v) is 5.04. The lowest BCUT2D eigenvalue weighted by Crippen LogP contribution is -2.43. The molecular weight excluding hydrogens is 224 g/mol. The zero-order valence-electron chi connectivity index (χ0n) is 9.56. The van der Waals surface area contributed by atoms with Gasteiger partial charge in [-0.1, -0.05) is 13.0 Å². The van der Waals surface area contributed by atoms with Gasteiger partial charge < -0.3 is 16.2 Å². The minimum atomic E-state index is -0.870. The van der Waals surface area contributed by atoms with Crippen molar-refractivity contribution in [3.05, 3.63) is 22.4 Å². The fourth-order valence-electron chi connectivity index (χ4n) is 1.11. The van der Waals surface area contributed by atoms with Crippen LogP contribution in [0.1, 0.15) is 31.2 Å². The van der Waals surface area contributed by atoms with Crippen molar-refractivity contribution < 1.29 is 9.90 Å². The Labute approximate surface area is 99.5 Å². The quantitative estimate of drug-likeness (QED) is 0.721. The number of thiophene rings is 1. The Balaban J connectivity index is 2.47. The summed E-state index contributed by atoms with van der Waals surface area (Å²) in [4.78, 5) is 12.5. The van der Waals surface area contributed by atoms with Crippen molar-refractivity contribution >= 4 is 17.2 Å². The fraction of sp³-hybridized carbons (Fsp3) is 0.545. The molecule has 0 bridgehead atoms. The minimum absolute atomic E-state index is 0.224. The molecular formula is C11H18N2O2S. The van der Waals surface area contributed by atoms with E-state index in [0.717, 1.165) is 4.88 Å². The normalized spacial score (nSPS) is 16.5. The lowest BCUT2D eigenvalue weighted by Gasteiger charge is -2.22. The average molecular weight is 242 g/mol. The van der Waals surface area contributed by atoms with E-state index in [0.29, 0.717) is 6.42 Å². The number of amides is 1. The van der Waals surface area contributed by atoms with Crippen LogP contribution in [-0.2, 0) is 4.79 Å². The average Bonchev–Trinajstić information content (AvgIpc) is 2.78. The lowest BCUT2D eigenvalue weighted by atomic mass is 10.0.